The van der Waals surface area contributed by atoms with E-state index in [1.165, 1.54) is 5.56 Å². The summed E-state index contributed by atoms with van der Waals surface area (Å²) in [6, 6.07) is 7.99. The first-order valence-corrected chi connectivity index (χ1v) is 7.61. The summed E-state index contributed by atoms with van der Waals surface area (Å²) in [4.78, 5) is 14.5. The minimum atomic E-state index is 0.0853. The van der Waals surface area contributed by atoms with Crippen molar-refractivity contribution in [2.45, 2.75) is 12.3 Å². The van der Waals surface area contributed by atoms with Crippen molar-refractivity contribution in [3.8, 4) is 5.75 Å². The van der Waals surface area contributed by atoms with Gasteiger partial charge >= 0.3 is 0 Å². The van der Waals surface area contributed by atoms with Crippen LogP contribution in [0.5, 0.6) is 5.75 Å². The molecular weight excluding hydrogens is 282 g/mol. The van der Waals surface area contributed by atoms with Crippen molar-refractivity contribution in [2.75, 3.05) is 47.6 Å². The highest BCUT2D eigenvalue weighted by molar-refractivity contribution is 5.83. The molecule has 0 saturated heterocycles. The van der Waals surface area contributed by atoms with Crippen molar-refractivity contribution in [3.63, 3.8) is 0 Å². The lowest BCUT2D eigenvalue weighted by atomic mass is 10.1. The summed E-state index contributed by atoms with van der Waals surface area (Å²) in [5.74, 6) is 1.46. The summed E-state index contributed by atoms with van der Waals surface area (Å²) in [5, 5.41) is 0. The molecule has 1 fully saturated rings. The molecule has 2 atom stereocenters. The van der Waals surface area contributed by atoms with E-state index in [0.717, 1.165) is 12.2 Å². The molecular formula is C17H25NO4. The number of carbonyl (C=O) groups is 1. The van der Waals surface area contributed by atoms with Gasteiger partial charge < -0.3 is 19.1 Å². The van der Waals surface area contributed by atoms with Crippen LogP contribution in [0.25, 0.3) is 0 Å². The van der Waals surface area contributed by atoms with E-state index in [1.807, 2.05) is 29.2 Å². The lowest BCUT2D eigenvalue weighted by Crippen LogP contribution is -2.37. The molecule has 0 heterocycles. The molecule has 122 valence electrons. The molecule has 1 aliphatic carbocycles. The Labute approximate surface area is 132 Å². The second-order valence-corrected chi connectivity index (χ2v) is 5.53. The van der Waals surface area contributed by atoms with Crippen LogP contribution in [0.1, 0.15) is 17.9 Å². The molecule has 1 amide bonds. The Hall–Kier alpha value is -1.59. The first-order chi connectivity index (χ1) is 10.7. The Morgan fingerprint density at radius 2 is 1.68 bits per heavy atom. The van der Waals surface area contributed by atoms with Crippen LogP contribution in [-0.4, -0.2) is 58.4 Å². The predicted octanol–water partition coefficient (Wildman–Crippen LogP) is 1.92. The number of benzene rings is 1. The van der Waals surface area contributed by atoms with Gasteiger partial charge in [0.15, 0.2) is 0 Å². The normalized spacial score (nSPS) is 19.8. The van der Waals surface area contributed by atoms with E-state index in [0.29, 0.717) is 32.2 Å². The van der Waals surface area contributed by atoms with Gasteiger partial charge in [-0.1, -0.05) is 12.1 Å². The van der Waals surface area contributed by atoms with Gasteiger partial charge in [-0.15, -0.1) is 0 Å². The van der Waals surface area contributed by atoms with E-state index in [2.05, 4.69) is 0 Å². The summed E-state index contributed by atoms with van der Waals surface area (Å²) in [6.45, 7) is 2.33. The maximum absolute atomic E-state index is 12.6. The van der Waals surface area contributed by atoms with Crippen molar-refractivity contribution in [2.24, 2.45) is 5.92 Å². The summed E-state index contributed by atoms with van der Waals surface area (Å²) in [7, 11) is 4.95. The van der Waals surface area contributed by atoms with E-state index < -0.39 is 0 Å². The first-order valence-electron chi connectivity index (χ1n) is 7.61. The molecule has 0 aliphatic heterocycles. The van der Waals surface area contributed by atoms with Gasteiger partial charge in [-0.05, 0) is 30.0 Å². The van der Waals surface area contributed by atoms with E-state index >= 15 is 0 Å². The molecule has 2 rings (SSSR count). The van der Waals surface area contributed by atoms with E-state index in [4.69, 9.17) is 14.2 Å². The quantitative estimate of drug-likeness (QED) is 0.699. The number of ether oxygens (including phenoxy) is 3. The molecule has 0 aromatic heterocycles. The fourth-order valence-electron chi connectivity index (χ4n) is 2.66. The lowest BCUT2D eigenvalue weighted by molar-refractivity contribution is -0.134. The third-order valence-corrected chi connectivity index (χ3v) is 4.09. The van der Waals surface area contributed by atoms with Crippen molar-refractivity contribution >= 4 is 5.91 Å². The van der Waals surface area contributed by atoms with Gasteiger partial charge in [0.1, 0.15) is 5.75 Å². The Balaban J connectivity index is 1.93. The minimum absolute atomic E-state index is 0.0853. The summed E-state index contributed by atoms with van der Waals surface area (Å²) < 4.78 is 15.3. The summed E-state index contributed by atoms with van der Waals surface area (Å²) in [6.07, 6.45) is 0.918. The molecule has 1 aromatic carbocycles. The Morgan fingerprint density at radius 1 is 1.09 bits per heavy atom. The molecule has 0 spiro atoms. The highest BCUT2D eigenvalue weighted by atomic mass is 16.5. The van der Waals surface area contributed by atoms with Gasteiger partial charge in [-0.2, -0.15) is 0 Å². The third kappa shape index (κ3) is 4.21. The van der Waals surface area contributed by atoms with Gasteiger partial charge in [0.05, 0.1) is 20.3 Å². The Bertz CT molecular complexity index is 466. The van der Waals surface area contributed by atoms with Crippen molar-refractivity contribution in [3.05, 3.63) is 29.8 Å². The zero-order valence-corrected chi connectivity index (χ0v) is 13.6. The molecule has 1 aliphatic rings. The van der Waals surface area contributed by atoms with Crippen LogP contribution in [0.4, 0.5) is 0 Å². The molecule has 0 radical (unpaired) electrons. The maximum Gasteiger partial charge on any atom is 0.226 e. The van der Waals surface area contributed by atoms with Gasteiger partial charge in [0, 0.05) is 33.2 Å². The van der Waals surface area contributed by atoms with Crippen LogP contribution in [0.15, 0.2) is 24.3 Å². The smallest absolute Gasteiger partial charge is 0.226 e. The van der Waals surface area contributed by atoms with E-state index in [9.17, 15) is 4.79 Å². The molecule has 5 heteroatoms. The number of nitrogens with zero attached hydrogens (tertiary/aromatic N) is 1. The van der Waals surface area contributed by atoms with Crippen molar-refractivity contribution < 1.29 is 19.0 Å². The van der Waals surface area contributed by atoms with Crippen molar-refractivity contribution in [1.82, 2.24) is 4.90 Å². The number of methoxy groups -OCH3 is 3. The lowest BCUT2D eigenvalue weighted by Gasteiger charge is -2.22. The average Bonchev–Trinajstić information content (AvgIpc) is 3.35. The molecule has 0 N–H and O–H groups in total. The highest BCUT2D eigenvalue weighted by Crippen LogP contribution is 2.48. The van der Waals surface area contributed by atoms with Crippen LogP contribution in [-0.2, 0) is 14.3 Å². The highest BCUT2D eigenvalue weighted by Gasteiger charge is 2.45. The Kier molecular flexibility index (Phi) is 6.21. The molecule has 5 nitrogen and oxygen atoms in total. The van der Waals surface area contributed by atoms with Crippen LogP contribution in [0.2, 0.25) is 0 Å². The second-order valence-electron chi connectivity index (χ2n) is 5.53. The first kappa shape index (κ1) is 16.8. The topological polar surface area (TPSA) is 48.0 Å². The van der Waals surface area contributed by atoms with Gasteiger partial charge in [0.25, 0.3) is 0 Å². The maximum atomic E-state index is 12.6. The second kappa shape index (κ2) is 8.15. The average molecular weight is 307 g/mol. The standard InChI is InChI=1S/C17H25NO4/c1-20-10-8-18(9-11-21-2)17(19)16-12-15(16)13-4-6-14(22-3)7-5-13/h4-7,15-16H,8-12H2,1-3H3. The van der Waals surface area contributed by atoms with Crippen LogP contribution < -0.4 is 4.74 Å². The van der Waals surface area contributed by atoms with Crippen LogP contribution in [0.3, 0.4) is 0 Å². The van der Waals surface area contributed by atoms with Crippen molar-refractivity contribution in [1.29, 1.82) is 0 Å². The largest absolute Gasteiger partial charge is 0.497 e. The number of hydrogen-bond donors (Lipinski definition) is 0. The molecule has 22 heavy (non-hydrogen) atoms. The Morgan fingerprint density at radius 3 is 2.18 bits per heavy atom. The summed E-state index contributed by atoms with van der Waals surface area (Å²) >= 11 is 0. The monoisotopic (exact) mass is 307 g/mol. The fourth-order valence-corrected chi connectivity index (χ4v) is 2.66. The number of amides is 1. The van der Waals surface area contributed by atoms with Gasteiger partial charge in [-0.3, -0.25) is 4.79 Å². The van der Waals surface area contributed by atoms with Gasteiger partial charge in [0.2, 0.25) is 5.91 Å². The zero-order valence-electron chi connectivity index (χ0n) is 13.6. The fraction of sp³-hybridized carbons (Fsp3) is 0.588. The van der Waals surface area contributed by atoms with Crippen LogP contribution >= 0.6 is 0 Å². The molecule has 1 aromatic rings. The summed E-state index contributed by atoms with van der Waals surface area (Å²) in [5.41, 5.74) is 1.21. The molecule has 0 bridgehead atoms. The predicted molar refractivity (Wildman–Crippen MR) is 84.2 cm³/mol. The molecule has 1 saturated carbocycles. The van der Waals surface area contributed by atoms with Crippen LogP contribution in [0, 0.1) is 5.92 Å². The number of rotatable bonds is 9. The molecule has 2 unspecified atom stereocenters. The zero-order chi connectivity index (χ0) is 15.9. The number of hydrogen-bond acceptors (Lipinski definition) is 4. The SMILES string of the molecule is COCCN(CCOC)C(=O)C1CC1c1ccc(OC)cc1. The van der Waals surface area contributed by atoms with E-state index in [-0.39, 0.29) is 11.8 Å². The minimum Gasteiger partial charge on any atom is -0.497 e. The van der Waals surface area contributed by atoms with E-state index in [1.54, 1.807) is 21.3 Å². The number of carbonyl (C=O) groups excluding carboxylic acids is 1. The van der Waals surface area contributed by atoms with Gasteiger partial charge in [-0.25, -0.2) is 0 Å². The third-order valence-electron chi connectivity index (χ3n) is 4.09.